The molecule has 6 heteroatoms. The zero-order chi connectivity index (χ0) is 15.3. The van der Waals surface area contributed by atoms with Gasteiger partial charge in [0.1, 0.15) is 6.04 Å². The fourth-order valence-corrected chi connectivity index (χ4v) is 1.80. The molecule has 20 heavy (non-hydrogen) atoms. The Morgan fingerprint density at radius 3 is 2.45 bits per heavy atom. The summed E-state index contributed by atoms with van der Waals surface area (Å²) in [4.78, 5) is 23.8. The lowest BCUT2D eigenvalue weighted by molar-refractivity contribution is -0.130. The van der Waals surface area contributed by atoms with Crippen molar-refractivity contribution >= 4 is 19.7 Å². The second kappa shape index (κ2) is 7.11. The molecule has 2 atom stereocenters. The van der Waals surface area contributed by atoms with Gasteiger partial charge in [-0.1, -0.05) is 33.0 Å². The lowest BCUT2D eigenvalue weighted by Crippen LogP contribution is -2.49. The Labute approximate surface area is 122 Å². The van der Waals surface area contributed by atoms with Gasteiger partial charge < -0.3 is 15.4 Å². The van der Waals surface area contributed by atoms with E-state index in [4.69, 9.17) is 12.6 Å². The molecule has 0 spiro atoms. The molecule has 1 aliphatic rings. The van der Waals surface area contributed by atoms with Crippen LogP contribution in [0.5, 0.6) is 0 Å². The van der Waals surface area contributed by atoms with Crippen molar-refractivity contribution in [2.24, 2.45) is 5.92 Å². The third-order valence-corrected chi connectivity index (χ3v) is 3.03. The first-order valence-corrected chi connectivity index (χ1v) is 7.17. The number of epoxide rings is 1. The first kappa shape index (κ1) is 17.0. The zero-order valence-electron chi connectivity index (χ0n) is 12.9. The van der Waals surface area contributed by atoms with Crippen LogP contribution >= 0.6 is 0 Å². The van der Waals surface area contributed by atoms with Crippen molar-refractivity contribution in [1.29, 1.82) is 0 Å². The van der Waals surface area contributed by atoms with Gasteiger partial charge in [0.05, 0.1) is 14.5 Å². The summed E-state index contributed by atoms with van der Waals surface area (Å²) in [7, 11) is 5.87. The first-order valence-electron chi connectivity index (χ1n) is 7.17. The van der Waals surface area contributed by atoms with Crippen molar-refractivity contribution in [2.75, 3.05) is 13.2 Å². The molecule has 1 saturated heterocycles. The maximum absolute atomic E-state index is 12.1. The van der Waals surface area contributed by atoms with Crippen LogP contribution in [0.2, 0.25) is 5.31 Å². The highest BCUT2D eigenvalue weighted by Gasteiger charge is 2.34. The van der Waals surface area contributed by atoms with Gasteiger partial charge in [-0.3, -0.25) is 9.59 Å². The second-order valence-corrected chi connectivity index (χ2v) is 6.54. The topological polar surface area (TPSA) is 70.7 Å². The molecular formula is C14H25BN2O3. The molecule has 1 heterocycles. The highest BCUT2D eigenvalue weighted by atomic mass is 16.6. The van der Waals surface area contributed by atoms with Gasteiger partial charge in [-0.2, -0.15) is 0 Å². The highest BCUT2D eigenvalue weighted by molar-refractivity contribution is 6.14. The standard InChI is InChI=1S/C14H25BN2O3/c1-9(2)7-10(17-13(19)11-8-20-11)12(18)16-6-5-14(3,4)15/h9-11H,5-8H2,1-4H3,(H,16,18)(H,17,19)/t10-,11-/m0/s1. The Morgan fingerprint density at radius 1 is 1.40 bits per heavy atom. The Kier molecular flexibility index (Phi) is 6.05. The van der Waals surface area contributed by atoms with Gasteiger partial charge in [-0.15, -0.1) is 0 Å². The molecule has 1 rings (SSSR count). The van der Waals surface area contributed by atoms with Gasteiger partial charge in [-0.25, -0.2) is 0 Å². The van der Waals surface area contributed by atoms with Gasteiger partial charge >= 0.3 is 0 Å². The van der Waals surface area contributed by atoms with E-state index in [-0.39, 0.29) is 23.2 Å². The zero-order valence-corrected chi connectivity index (χ0v) is 12.9. The number of amides is 2. The van der Waals surface area contributed by atoms with Gasteiger partial charge in [0, 0.05) is 6.54 Å². The molecule has 112 valence electrons. The molecule has 1 fully saturated rings. The summed E-state index contributed by atoms with van der Waals surface area (Å²) in [5.41, 5.74) is 0. The molecule has 0 aliphatic carbocycles. The quantitative estimate of drug-likeness (QED) is 0.510. The smallest absolute Gasteiger partial charge is 0.252 e. The number of carbonyl (C=O) groups excluding carboxylic acids is 2. The Balaban J connectivity index is 2.44. The Bertz CT molecular complexity index is 349. The largest absolute Gasteiger partial charge is 0.363 e. The van der Waals surface area contributed by atoms with E-state index >= 15 is 0 Å². The van der Waals surface area contributed by atoms with Crippen LogP contribution in [0.4, 0.5) is 0 Å². The molecule has 5 nitrogen and oxygen atoms in total. The fraction of sp³-hybridized carbons (Fsp3) is 0.857. The van der Waals surface area contributed by atoms with Crippen LogP contribution in [0.25, 0.3) is 0 Å². The van der Waals surface area contributed by atoms with E-state index in [1.165, 1.54) is 0 Å². The maximum Gasteiger partial charge on any atom is 0.252 e. The number of hydrogen-bond donors (Lipinski definition) is 2. The van der Waals surface area contributed by atoms with E-state index in [1.807, 2.05) is 27.7 Å². The lowest BCUT2D eigenvalue weighted by Gasteiger charge is -2.22. The van der Waals surface area contributed by atoms with Gasteiger partial charge in [0.2, 0.25) is 5.91 Å². The molecule has 2 N–H and O–H groups in total. The van der Waals surface area contributed by atoms with Crippen molar-refractivity contribution in [3.63, 3.8) is 0 Å². The molecular weight excluding hydrogens is 255 g/mol. The summed E-state index contributed by atoms with van der Waals surface area (Å²) in [6.07, 6.45) is 0.920. The minimum Gasteiger partial charge on any atom is -0.363 e. The summed E-state index contributed by atoms with van der Waals surface area (Å²) in [6.45, 7) is 8.82. The summed E-state index contributed by atoms with van der Waals surface area (Å²) in [5.74, 6) is -0.0426. The predicted octanol–water partition coefficient (Wildman–Crippen LogP) is 0.789. The molecule has 0 aromatic carbocycles. The third kappa shape index (κ3) is 6.94. The number of hydrogen-bond acceptors (Lipinski definition) is 3. The van der Waals surface area contributed by atoms with Crippen molar-refractivity contribution in [1.82, 2.24) is 10.6 Å². The summed E-state index contributed by atoms with van der Waals surface area (Å²) >= 11 is 0. The van der Waals surface area contributed by atoms with Crippen LogP contribution in [0.3, 0.4) is 0 Å². The van der Waals surface area contributed by atoms with Crippen molar-refractivity contribution in [3.05, 3.63) is 0 Å². The molecule has 0 aromatic rings. The average Bonchev–Trinajstić information content (AvgIpc) is 3.08. The minimum absolute atomic E-state index is 0.156. The van der Waals surface area contributed by atoms with E-state index in [0.29, 0.717) is 31.9 Å². The normalized spacial score (nSPS) is 19.6. The number of rotatable bonds is 8. The molecule has 0 unspecified atom stereocenters. The molecule has 2 amide bonds. The van der Waals surface area contributed by atoms with Crippen LogP contribution in [0.1, 0.15) is 40.5 Å². The molecule has 0 aromatic heterocycles. The number of nitrogens with one attached hydrogen (secondary N) is 2. The van der Waals surface area contributed by atoms with Crippen molar-refractivity contribution in [3.8, 4) is 0 Å². The minimum atomic E-state index is -0.507. The molecule has 0 saturated carbocycles. The first-order chi connectivity index (χ1) is 9.19. The fourth-order valence-electron chi connectivity index (χ4n) is 1.80. The van der Waals surface area contributed by atoms with E-state index in [0.717, 1.165) is 0 Å². The van der Waals surface area contributed by atoms with E-state index in [9.17, 15) is 9.59 Å². The van der Waals surface area contributed by atoms with E-state index in [2.05, 4.69) is 10.6 Å². The highest BCUT2D eigenvalue weighted by Crippen LogP contribution is 2.22. The lowest BCUT2D eigenvalue weighted by atomic mass is 9.70. The van der Waals surface area contributed by atoms with E-state index < -0.39 is 6.04 Å². The summed E-state index contributed by atoms with van der Waals surface area (Å²) < 4.78 is 4.92. The van der Waals surface area contributed by atoms with Gasteiger partial charge in [0.25, 0.3) is 5.91 Å². The Morgan fingerprint density at radius 2 is 2.00 bits per heavy atom. The molecule has 2 radical (unpaired) electrons. The number of carbonyl (C=O) groups is 2. The second-order valence-electron chi connectivity index (χ2n) is 6.54. The number of ether oxygens (including phenoxy) is 1. The van der Waals surface area contributed by atoms with Crippen LogP contribution in [-0.2, 0) is 14.3 Å². The SMILES string of the molecule is [B]C(C)(C)CCNC(=O)[C@H](CC(C)C)NC(=O)[C@@H]1CO1. The van der Waals surface area contributed by atoms with Crippen LogP contribution in [-0.4, -0.2) is 45.0 Å². The van der Waals surface area contributed by atoms with Crippen LogP contribution in [0, 0.1) is 5.92 Å². The summed E-state index contributed by atoms with van der Waals surface area (Å²) in [5, 5.41) is 5.27. The van der Waals surface area contributed by atoms with Gasteiger partial charge in [-0.05, 0) is 18.8 Å². The molecule has 0 bridgehead atoms. The molecule has 1 aliphatic heterocycles. The Hall–Kier alpha value is -1.04. The van der Waals surface area contributed by atoms with Crippen LogP contribution in [0.15, 0.2) is 0 Å². The van der Waals surface area contributed by atoms with Gasteiger partial charge in [0.15, 0.2) is 6.10 Å². The van der Waals surface area contributed by atoms with E-state index in [1.54, 1.807) is 0 Å². The summed E-state index contributed by atoms with van der Waals surface area (Å²) in [6, 6.07) is -0.507. The predicted molar refractivity (Wildman–Crippen MR) is 78.5 cm³/mol. The van der Waals surface area contributed by atoms with Crippen molar-refractivity contribution in [2.45, 2.75) is 58.0 Å². The van der Waals surface area contributed by atoms with Crippen molar-refractivity contribution < 1.29 is 14.3 Å². The third-order valence-electron chi connectivity index (χ3n) is 3.03. The maximum atomic E-state index is 12.1. The average molecular weight is 280 g/mol. The monoisotopic (exact) mass is 280 g/mol. The van der Waals surface area contributed by atoms with Crippen LogP contribution < -0.4 is 10.6 Å².